The molecule has 0 saturated carbocycles. The van der Waals surface area contributed by atoms with E-state index in [0.717, 1.165) is 16.8 Å². The van der Waals surface area contributed by atoms with Crippen LogP contribution in [0.2, 0.25) is 0 Å². The molecule has 3 aromatic rings. The second-order valence-corrected chi connectivity index (χ2v) is 8.23. The number of carbonyl (C=O) groups is 2. The number of carbonyl (C=O) groups excluding carboxylic acids is 2. The minimum absolute atomic E-state index is 0.0263. The van der Waals surface area contributed by atoms with Gasteiger partial charge in [0.2, 0.25) is 5.91 Å². The van der Waals surface area contributed by atoms with Crippen molar-refractivity contribution in [2.45, 2.75) is 39.2 Å². The second-order valence-electron chi connectivity index (χ2n) is 8.23. The molecule has 0 aliphatic rings. The zero-order chi connectivity index (χ0) is 21.7. The van der Waals surface area contributed by atoms with Gasteiger partial charge >= 0.3 is 0 Å². The number of hydrogen-bond acceptors (Lipinski definition) is 4. The van der Waals surface area contributed by atoms with Crippen molar-refractivity contribution in [2.75, 3.05) is 6.54 Å². The Kier molecular flexibility index (Phi) is 6.30. The van der Waals surface area contributed by atoms with Crippen LogP contribution >= 0.6 is 0 Å². The highest BCUT2D eigenvalue weighted by Gasteiger charge is 2.15. The number of nitrogens with one attached hydrogen (secondary N) is 2. The normalized spacial score (nSPS) is 12.3. The third kappa shape index (κ3) is 5.31. The van der Waals surface area contributed by atoms with Crippen molar-refractivity contribution >= 4 is 11.8 Å². The number of nitrogens with zero attached hydrogens (tertiary/aromatic N) is 3. The summed E-state index contributed by atoms with van der Waals surface area (Å²) in [5, 5.41) is 9.66. The van der Waals surface area contributed by atoms with E-state index in [2.05, 4.69) is 41.5 Å². The molecular formula is C23H27N5O2. The van der Waals surface area contributed by atoms with Gasteiger partial charge in [-0.15, -0.1) is 0 Å². The minimum Gasteiger partial charge on any atom is -0.348 e. The summed E-state index contributed by atoms with van der Waals surface area (Å²) in [5.74, 6) is -0.516. The molecule has 0 radical (unpaired) electrons. The summed E-state index contributed by atoms with van der Waals surface area (Å²) in [5.41, 5.74) is 3.56. The van der Waals surface area contributed by atoms with Gasteiger partial charge in [-0.25, -0.2) is 9.67 Å². The zero-order valence-electron chi connectivity index (χ0n) is 17.7. The monoisotopic (exact) mass is 405 g/mol. The van der Waals surface area contributed by atoms with Gasteiger partial charge in [-0.3, -0.25) is 9.59 Å². The van der Waals surface area contributed by atoms with Crippen LogP contribution in [-0.2, 0) is 10.2 Å². The molecule has 0 bridgehead atoms. The maximum atomic E-state index is 12.3. The van der Waals surface area contributed by atoms with Crippen molar-refractivity contribution < 1.29 is 9.59 Å². The molecule has 0 fully saturated rings. The summed E-state index contributed by atoms with van der Waals surface area (Å²) < 4.78 is 1.66. The van der Waals surface area contributed by atoms with Crippen molar-refractivity contribution in [3.05, 3.63) is 77.9 Å². The molecule has 7 nitrogen and oxygen atoms in total. The predicted molar refractivity (Wildman–Crippen MR) is 115 cm³/mol. The Labute approximate surface area is 176 Å². The Morgan fingerprint density at radius 3 is 2.27 bits per heavy atom. The largest absolute Gasteiger partial charge is 0.348 e. The number of rotatable bonds is 6. The van der Waals surface area contributed by atoms with Gasteiger partial charge in [0.1, 0.15) is 12.7 Å². The van der Waals surface area contributed by atoms with E-state index in [9.17, 15) is 9.59 Å². The van der Waals surface area contributed by atoms with Gasteiger partial charge in [0.05, 0.1) is 18.3 Å². The summed E-state index contributed by atoms with van der Waals surface area (Å²) in [7, 11) is 0. The molecule has 1 heterocycles. The molecule has 3 rings (SSSR count). The third-order valence-electron chi connectivity index (χ3n) is 4.88. The Balaban J connectivity index is 1.50. The average molecular weight is 406 g/mol. The molecule has 0 aliphatic carbocycles. The first-order chi connectivity index (χ1) is 14.2. The summed E-state index contributed by atoms with van der Waals surface area (Å²) in [6.07, 6.45) is 3.10. The summed E-state index contributed by atoms with van der Waals surface area (Å²) >= 11 is 0. The number of amides is 2. The fourth-order valence-electron chi connectivity index (χ4n) is 3.02. The van der Waals surface area contributed by atoms with Crippen molar-refractivity contribution in [3.8, 4) is 5.69 Å². The van der Waals surface area contributed by atoms with Gasteiger partial charge in [0, 0.05) is 5.56 Å². The molecule has 2 aromatic carbocycles. The van der Waals surface area contributed by atoms with Gasteiger partial charge < -0.3 is 10.6 Å². The van der Waals surface area contributed by atoms with Crippen molar-refractivity contribution in [1.29, 1.82) is 0 Å². The molecule has 1 aromatic heterocycles. The van der Waals surface area contributed by atoms with E-state index in [-0.39, 0.29) is 29.8 Å². The molecule has 1 unspecified atom stereocenters. The summed E-state index contributed by atoms with van der Waals surface area (Å²) in [4.78, 5) is 28.5. The van der Waals surface area contributed by atoms with Crippen molar-refractivity contribution in [3.63, 3.8) is 0 Å². The zero-order valence-corrected chi connectivity index (χ0v) is 17.7. The van der Waals surface area contributed by atoms with Crippen molar-refractivity contribution in [1.82, 2.24) is 25.4 Å². The van der Waals surface area contributed by atoms with Gasteiger partial charge in [-0.1, -0.05) is 45.0 Å². The molecule has 7 heteroatoms. The van der Waals surface area contributed by atoms with Gasteiger partial charge in [-0.2, -0.15) is 5.10 Å². The molecule has 0 saturated heterocycles. The smallest absolute Gasteiger partial charge is 0.251 e. The number of aromatic nitrogens is 3. The van der Waals surface area contributed by atoms with Crippen LogP contribution in [-0.4, -0.2) is 33.1 Å². The Bertz CT molecular complexity index is 988. The maximum absolute atomic E-state index is 12.3. The Morgan fingerprint density at radius 1 is 1.03 bits per heavy atom. The first-order valence-corrected chi connectivity index (χ1v) is 9.87. The van der Waals surface area contributed by atoms with Gasteiger partial charge in [0.15, 0.2) is 0 Å². The number of benzene rings is 2. The molecule has 1 atom stereocenters. The average Bonchev–Trinajstić information content (AvgIpc) is 3.26. The minimum atomic E-state index is -0.268. The van der Waals surface area contributed by atoms with Crippen LogP contribution in [0, 0.1) is 0 Å². The van der Waals surface area contributed by atoms with E-state index in [4.69, 9.17) is 0 Å². The fraction of sp³-hybridized carbons (Fsp3) is 0.304. The second kappa shape index (κ2) is 8.90. The molecule has 0 aliphatic heterocycles. The maximum Gasteiger partial charge on any atom is 0.251 e. The molecule has 30 heavy (non-hydrogen) atoms. The van der Waals surface area contributed by atoms with E-state index in [1.807, 2.05) is 43.3 Å². The van der Waals surface area contributed by atoms with E-state index < -0.39 is 0 Å². The molecule has 2 amide bonds. The first-order valence-electron chi connectivity index (χ1n) is 9.87. The van der Waals surface area contributed by atoms with Crippen molar-refractivity contribution in [2.24, 2.45) is 0 Å². The highest BCUT2D eigenvalue weighted by molar-refractivity contribution is 5.96. The molecule has 156 valence electrons. The predicted octanol–water partition coefficient (Wildman–Crippen LogP) is 3.17. The lowest BCUT2D eigenvalue weighted by Crippen LogP contribution is -2.38. The lowest BCUT2D eigenvalue weighted by Gasteiger charge is -2.19. The molecule has 2 N–H and O–H groups in total. The van der Waals surface area contributed by atoms with Crippen LogP contribution < -0.4 is 10.6 Å². The highest BCUT2D eigenvalue weighted by Crippen LogP contribution is 2.22. The lowest BCUT2D eigenvalue weighted by atomic mass is 9.87. The van der Waals surface area contributed by atoms with Crippen LogP contribution in [0.4, 0.5) is 0 Å². The Morgan fingerprint density at radius 2 is 1.70 bits per heavy atom. The quantitative estimate of drug-likeness (QED) is 0.659. The van der Waals surface area contributed by atoms with E-state index >= 15 is 0 Å². The van der Waals surface area contributed by atoms with E-state index in [0.29, 0.717) is 5.56 Å². The highest BCUT2D eigenvalue weighted by atomic mass is 16.2. The van der Waals surface area contributed by atoms with Crippen LogP contribution in [0.1, 0.15) is 55.2 Å². The van der Waals surface area contributed by atoms with Crippen LogP contribution in [0.5, 0.6) is 0 Å². The first kappa shape index (κ1) is 21.2. The van der Waals surface area contributed by atoms with E-state index in [1.165, 1.54) is 6.33 Å². The summed E-state index contributed by atoms with van der Waals surface area (Å²) in [6.45, 7) is 8.18. The topological polar surface area (TPSA) is 88.9 Å². The lowest BCUT2D eigenvalue weighted by molar-refractivity contribution is -0.120. The standard InChI is InChI=1S/C23H27N5O2/c1-16(17-7-11-20(12-8-17)28-15-24-14-26-28)27-21(29)13-25-22(30)18-5-9-19(10-6-18)23(2,3)4/h5-12,14-16H,13H2,1-4H3,(H,25,30)(H,27,29). The molecular weight excluding hydrogens is 378 g/mol. The summed E-state index contributed by atoms with van der Waals surface area (Å²) in [6, 6.07) is 14.9. The number of hydrogen-bond donors (Lipinski definition) is 2. The van der Waals surface area contributed by atoms with Crippen LogP contribution in [0.3, 0.4) is 0 Å². The van der Waals surface area contributed by atoms with Crippen LogP contribution in [0.25, 0.3) is 5.69 Å². The van der Waals surface area contributed by atoms with Gasteiger partial charge in [0.25, 0.3) is 5.91 Å². The Hall–Kier alpha value is -3.48. The SMILES string of the molecule is CC(NC(=O)CNC(=O)c1ccc(C(C)(C)C)cc1)c1ccc(-n2cncn2)cc1. The van der Waals surface area contributed by atoms with Gasteiger partial charge in [-0.05, 0) is 47.7 Å². The molecule has 0 spiro atoms. The fourth-order valence-corrected chi connectivity index (χ4v) is 3.02. The van der Waals surface area contributed by atoms with Crippen LogP contribution in [0.15, 0.2) is 61.2 Å². The third-order valence-corrected chi connectivity index (χ3v) is 4.88. The van der Waals surface area contributed by atoms with E-state index in [1.54, 1.807) is 23.1 Å².